The van der Waals surface area contributed by atoms with Gasteiger partial charge < -0.3 is 18.9 Å². The zero-order chi connectivity index (χ0) is 54.4. The summed E-state index contributed by atoms with van der Waals surface area (Å²) in [4.78, 5) is 0. The highest BCUT2D eigenvalue weighted by molar-refractivity contribution is 7.73. The van der Waals surface area contributed by atoms with Gasteiger partial charge in [0.1, 0.15) is 23.0 Å². The first-order valence-electron chi connectivity index (χ1n) is 26.6. The normalized spacial score (nSPS) is 13.6. The maximum Gasteiger partial charge on any atom is 0.126 e. The SMILES string of the molecule is COc1c(C(C)(C)C)cc(P(CCCCCP(c2cc(C(C)(C)C)c(OC)c(C(C)(C)C)c2)c2cc(C(C)(C)C)c(OC)c(C(C)(C)C)c2)c2cc(C(C)(C)C)c(OC)c(C(C)(C)C)c2)cc1C(C)(C)C. The minimum atomic E-state index is -0.773. The topological polar surface area (TPSA) is 36.9 Å². The number of methoxy groups -OCH3 is 4. The average molecular weight is 1010 g/mol. The lowest BCUT2D eigenvalue weighted by atomic mass is 9.79. The van der Waals surface area contributed by atoms with Gasteiger partial charge in [-0.05, 0) is 154 Å². The zero-order valence-corrected chi connectivity index (χ0v) is 52.5. The Kier molecular flexibility index (Phi) is 18.4. The maximum atomic E-state index is 6.34. The van der Waals surface area contributed by atoms with Gasteiger partial charge in [0.25, 0.3) is 0 Å². The van der Waals surface area contributed by atoms with Gasteiger partial charge in [-0.15, -0.1) is 0 Å². The molecule has 0 amide bonds. The van der Waals surface area contributed by atoms with Crippen molar-refractivity contribution in [3.63, 3.8) is 0 Å². The molecule has 4 aromatic carbocycles. The molecule has 4 nitrogen and oxygen atoms in total. The lowest BCUT2D eigenvalue weighted by Gasteiger charge is -2.34. The van der Waals surface area contributed by atoms with Crippen molar-refractivity contribution in [2.45, 2.75) is 229 Å². The number of ether oxygens (including phenoxy) is 4. The molecule has 0 bridgehead atoms. The van der Waals surface area contributed by atoms with E-state index in [9.17, 15) is 0 Å². The molecule has 0 fully saturated rings. The standard InChI is InChI=1S/C65H102O4P2/c1-58(2,3)46-34-42(35-47(54(46)66-25)59(4,5)6)70(43-36-48(60(7,8)9)55(67-26)49(37-43)61(10,11)12)32-30-29-31-33-71(44-38-50(62(13,14)15)56(68-27)51(39-44)63(16,17)18)45-40-52(64(19,20)21)57(69-28)53(41-45)65(22,23)24/h34-41H,29-33H2,1-28H3. The molecule has 396 valence electrons. The summed E-state index contributed by atoms with van der Waals surface area (Å²) in [5, 5.41) is 5.75. The van der Waals surface area contributed by atoms with Crippen molar-refractivity contribution in [2.75, 3.05) is 40.8 Å². The second-order valence-corrected chi connectivity index (χ2v) is 33.3. The Labute approximate surface area is 439 Å². The Hall–Kier alpha value is -3.06. The van der Waals surface area contributed by atoms with Crippen molar-refractivity contribution in [3.8, 4) is 23.0 Å². The van der Waals surface area contributed by atoms with Crippen molar-refractivity contribution in [1.82, 2.24) is 0 Å². The van der Waals surface area contributed by atoms with Gasteiger partial charge >= 0.3 is 0 Å². The molecular weight excluding hydrogens is 907 g/mol. The maximum absolute atomic E-state index is 6.34. The molecule has 0 aliphatic rings. The van der Waals surface area contributed by atoms with Gasteiger partial charge in [-0.1, -0.05) is 173 Å². The summed E-state index contributed by atoms with van der Waals surface area (Å²) in [5.74, 6) is 4.12. The molecule has 0 aromatic heterocycles. The Morgan fingerprint density at radius 2 is 0.394 bits per heavy atom. The smallest absolute Gasteiger partial charge is 0.126 e. The summed E-state index contributed by atoms with van der Waals surface area (Å²) < 4.78 is 25.4. The van der Waals surface area contributed by atoms with Crippen LogP contribution in [-0.4, -0.2) is 40.8 Å². The molecule has 4 aromatic rings. The van der Waals surface area contributed by atoms with Gasteiger partial charge in [-0.2, -0.15) is 0 Å². The van der Waals surface area contributed by atoms with Crippen LogP contribution in [0.2, 0.25) is 0 Å². The number of benzene rings is 4. The van der Waals surface area contributed by atoms with Gasteiger partial charge in [-0.3, -0.25) is 0 Å². The number of hydrogen-bond acceptors (Lipinski definition) is 4. The third-order valence-electron chi connectivity index (χ3n) is 14.1. The van der Waals surface area contributed by atoms with Crippen LogP contribution >= 0.6 is 15.8 Å². The summed E-state index contributed by atoms with van der Waals surface area (Å²) in [5.41, 5.74) is 9.47. The third kappa shape index (κ3) is 14.2. The fourth-order valence-corrected chi connectivity index (χ4v) is 14.9. The van der Waals surface area contributed by atoms with E-state index in [0.717, 1.165) is 54.6 Å². The highest BCUT2D eigenvalue weighted by Gasteiger charge is 2.35. The lowest BCUT2D eigenvalue weighted by molar-refractivity contribution is 0.381. The highest BCUT2D eigenvalue weighted by atomic mass is 31.1. The van der Waals surface area contributed by atoms with E-state index in [2.05, 4.69) is 215 Å². The number of rotatable bonds is 14. The predicted molar refractivity (Wildman–Crippen MR) is 318 cm³/mol. The molecule has 0 N–H and O–H groups in total. The predicted octanol–water partition coefficient (Wildman–Crippen LogP) is 16.8. The van der Waals surface area contributed by atoms with E-state index < -0.39 is 15.8 Å². The van der Waals surface area contributed by atoms with Crippen molar-refractivity contribution < 1.29 is 18.9 Å². The Morgan fingerprint density at radius 3 is 0.507 bits per heavy atom. The van der Waals surface area contributed by atoms with E-state index in [1.807, 2.05) is 28.4 Å². The first kappa shape index (κ1) is 60.5. The fraction of sp³-hybridized carbons (Fsp3) is 0.631. The molecule has 0 atom stereocenters. The van der Waals surface area contributed by atoms with Crippen molar-refractivity contribution in [1.29, 1.82) is 0 Å². The van der Waals surface area contributed by atoms with Crippen LogP contribution in [0.1, 0.15) is 230 Å². The van der Waals surface area contributed by atoms with Gasteiger partial charge in [-0.25, -0.2) is 0 Å². The first-order chi connectivity index (χ1) is 32.1. The van der Waals surface area contributed by atoms with Crippen LogP contribution in [0.15, 0.2) is 48.5 Å². The monoisotopic (exact) mass is 1010 g/mol. The summed E-state index contributed by atoms with van der Waals surface area (Å²) in [7, 11) is 5.86. The van der Waals surface area contributed by atoms with Crippen LogP contribution in [0.4, 0.5) is 0 Å². The molecule has 0 saturated heterocycles. The molecule has 0 radical (unpaired) electrons. The largest absolute Gasteiger partial charge is 0.496 e. The lowest BCUT2D eigenvalue weighted by Crippen LogP contribution is -2.27. The Bertz CT molecular complexity index is 1990. The quantitative estimate of drug-likeness (QED) is 0.0932. The molecule has 0 heterocycles. The van der Waals surface area contributed by atoms with E-state index in [-0.39, 0.29) is 43.3 Å². The minimum Gasteiger partial charge on any atom is -0.496 e. The molecule has 0 aliphatic carbocycles. The zero-order valence-electron chi connectivity index (χ0n) is 50.7. The van der Waals surface area contributed by atoms with Crippen LogP contribution in [0.5, 0.6) is 23.0 Å². The van der Waals surface area contributed by atoms with E-state index >= 15 is 0 Å². The molecule has 4 rings (SSSR count). The van der Waals surface area contributed by atoms with Gasteiger partial charge in [0.2, 0.25) is 0 Å². The number of unbranched alkanes of at least 4 members (excludes halogenated alkanes) is 2. The van der Waals surface area contributed by atoms with E-state index in [4.69, 9.17) is 18.9 Å². The van der Waals surface area contributed by atoms with Gasteiger partial charge in [0, 0.05) is 44.5 Å². The van der Waals surface area contributed by atoms with Crippen molar-refractivity contribution >= 4 is 37.1 Å². The van der Waals surface area contributed by atoms with Crippen LogP contribution in [-0.2, 0) is 43.3 Å². The second-order valence-electron chi connectivity index (χ2n) is 28.7. The van der Waals surface area contributed by atoms with Crippen molar-refractivity contribution in [3.05, 3.63) is 93.0 Å². The first-order valence-corrected chi connectivity index (χ1v) is 29.6. The van der Waals surface area contributed by atoms with E-state index in [0.29, 0.717) is 0 Å². The molecule has 6 heteroatoms. The van der Waals surface area contributed by atoms with E-state index in [1.165, 1.54) is 65.7 Å². The minimum absolute atomic E-state index is 0.102. The van der Waals surface area contributed by atoms with Crippen LogP contribution < -0.4 is 40.2 Å². The molecule has 0 spiro atoms. The second kappa shape index (κ2) is 21.7. The highest BCUT2D eigenvalue weighted by Crippen LogP contribution is 2.50. The third-order valence-corrected chi connectivity index (χ3v) is 19.1. The molecule has 0 unspecified atom stereocenters. The van der Waals surface area contributed by atoms with Crippen LogP contribution in [0, 0.1) is 0 Å². The molecule has 0 aliphatic heterocycles. The van der Waals surface area contributed by atoms with E-state index in [1.54, 1.807) is 0 Å². The fourth-order valence-electron chi connectivity index (χ4n) is 9.95. The molecule has 71 heavy (non-hydrogen) atoms. The van der Waals surface area contributed by atoms with Crippen LogP contribution in [0.3, 0.4) is 0 Å². The summed E-state index contributed by atoms with van der Waals surface area (Å²) in [6, 6.07) is 20.1. The Morgan fingerprint density at radius 1 is 0.254 bits per heavy atom. The summed E-state index contributed by atoms with van der Waals surface area (Å²) in [6.07, 6.45) is 5.60. The Balaban J connectivity index is 2.00. The van der Waals surface area contributed by atoms with Crippen LogP contribution in [0.25, 0.3) is 0 Å². The van der Waals surface area contributed by atoms with Gasteiger partial charge in [0.05, 0.1) is 28.4 Å². The summed E-state index contributed by atoms with van der Waals surface area (Å²) in [6.45, 7) is 56.0. The molecular formula is C65H102O4P2. The van der Waals surface area contributed by atoms with Crippen molar-refractivity contribution in [2.24, 2.45) is 0 Å². The molecule has 0 saturated carbocycles. The average Bonchev–Trinajstić information content (AvgIpc) is 3.21. The summed E-state index contributed by atoms with van der Waals surface area (Å²) >= 11 is 0. The number of hydrogen-bond donors (Lipinski definition) is 0. The van der Waals surface area contributed by atoms with Gasteiger partial charge in [0.15, 0.2) is 0 Å².